The maximum Gasteiger partial charge on any atom is 0.224 e. The topological polar surface area (TPSA) is 46.2 Å². The molecular weight excluding hydrogens is 293 g/mol. The summed E-state index contributed by atoms with van der Waals surface area (Å²) in [7, 11) is 0. The van der Waals surface area contributed by atoms with E-state index >= 15 is 0 Å². The molecule has 0 aromatic heterocycles. The molecule has 0 fully saturated rings. The fraction of sp³-hybridized carbons (Fsp3) is 0.263. The number of nitrogens with one attached hydrogen (secondary N) is 1. The highest BCUT2D eigenvalue weighted by Crippen LogP contribution is 2.16. The Labute approximate surface area is 135 Å². The van der Waals surface area contributed by atoms with Gasteiger partial charge in [-0.05, 0) is 23.6 Å². The van der Waals surface area contributed by atoms with E-state index in [-0.39, 0.29) is 30.2 Å². The number of hydrogen-bond acceptors (Lipinski definition) is 2. The third kappa shape index (κ3) is 4.74. The third-order valence-electron chi connectivity index (χ3n) is 3.63. The summed E-state index contributed by atoms with van der Waals surface area (Å²) >= 11 is 0. The van der Waals surface area contributed by atoms with Gasteiger partial charge in [-0.3, -0.25) is 9.59 Å². The van der Waals surface area contributed by atoms with Crippen molar-refractivity contribution < 1.29 is 14.0 Å². The Morgan fingerprint density at radius 3 is 2.26 bits per heavy atom. The van der Waals surface area contributed by atoms with Gasteiger partial charge in [0, 0.05) is 18.4 Å². The maximum atomic E-state index is 13.4. The predicted octanol–water partition coefficient (Wildman–Crippen LogP) is 4.55. The van der Waals surface area contributed by atoms with Crippen molar-refractivity contribution >= 4 is 17.4 Å². The largest absolute Gasteiger partial charge is 0.324 e. The second kappa shape index (κ2) is 7.68. The highest BCUT2D eigenvalue weighted by atomic mass is 19.1. The first-order valence-corrected chi connectivity index (χ1v) is 7.65. The van der Waals surface area contributed by atoms with E-state index in [1.165, 1.54) is 17.7 Å². The molecule has 0 unspecified atom stereocenters. The number of amides is 1. The van der Waals surface area contributed by atoms with Crippen LogP contribution < -0.4 is 5.32 Å². The second-order valence-corrected chi connectivity index (χ2v) is 5.73. The van der Waals surface area contributed by atoms with E-state index in [4.69, 9.17) is 0 Å². The highest BCUT2D eigenvalue weighted by Gasteiger charge is 2.11. The van der Waals surface area contributed by atoms with Crippen molar-refractivity contribution in [3.8, 4) is 0 Å². The summed E-state index contributed by atoms with van der Waals surface area (Å²) in [4.78, 5) is 23.9. The number of rotatable bonds is 6. The van der Waals surface area contributed by atoms with Gasteiger partial charge in [0.15, 0.2) is 5.78 Å². The number of para-hydroxylation sites is 1. The van der Waals surface area contributed by atoms with Gasteiger partial charge in [0.2, 0.25) is 5.91 Å². The fourth-order valence-electron chi connectivity index (χ4n) is 2.20. The molecule has 2 rings (SSSR count). The summed E-state index contributed by atoms with van der Waals surface area (Å²) in [5.41, 5.74) is 1.89. The monoisotopic (exact) mass is 313 g/mol. The molecule has 23 heavy (non-hydrogen) atoms. The molecule has 3 nitrogen and oxygen atoms in total. The Hall–Kier alpha value is -2.49. The van der Waals surface area contributed by atoms with Gasteiger partial charge in [0.1, 0.15) is 5.82 Å². The minimum Gasteiger partial charge on any atom is -0.324 e. The van der Waals surface area contributed by atoms with Crippen molar-refractivity contribution in [2.45, 2.75) is 32.6 Å². The van der Waals surface area contributed by atoms with E-state index in [2.05, 4.69) is 19.2 Å². The van der Waals surface area contributed by atoms with Gasteiger partial charge >= 0.3 is 0 Å². The van der Waals surface area contributed by atoms with Crippen molar-refractivity contribution in [2.24, 2.45) is 0 Å². The Balaban J connectivity index is 1.88. The molecule has 0 atom stereocenters. The van der Waals surface area contributed by atoms with Gasteiger partial charge in [-0.2, -0.15) is 0 Å². The SMILES string of the molecule is CC(C)c1ccc(C(=O)CCC(=O)Nc2ccccc2F)cc1. The van der Waals surface area contributed by atoms with Gasteiger partial charge in [0.05, 0.1) is 5.69 Å². The van der Waals surface area contributed by atoms with Gasteiger partial charge in [-0.1, -0.05) is 50.2 Å². The lowest BCUT2D eigenvalue weighted by Gasteiger charge is -2.07. The zero-order chi connectivity index (χ0) is 16.8. The van der Waals surface area contributed by atoms with Crippen molar-refractivity contribution in [1.82, 2.24) is 0 Å². The summed E-state index contributed by atoms with van der Waals surface area (Å²) in [6.45, 7) is 4.17. The summed E-state index contributed by atoms with van der Waals surface area (Å²) in [5.74, 6) is -0.548. The number of benzene rings is 2. The molecule has 0 bridgehead atoms. The summed E-state index contributed by atoms with van der Waals surface area (Å²) in [6, 6.07) is 13.4. The lowest BCUT2D eigenvalue weighted by molar-refractivity contribution is -0.116. The Bertz CT molecular complexity index is 693. The van der Waals surface area contributed by atoms with Crippen LogP contribution in [0, 0.1) is 5.82 Å². The minimum absolute atomic E-state index is 0.0269. The fourth-order valence-corrected chi connectivity index (χ4v) is 2.20. The van der Waals surface area contributed by atoms with Crippen molar-refractivity contribution in [2.75, 3.05) is 5.32 Å². The smallest absolute Gasteiger partial charge is 0.224 e. The van der Waals surface area contributed by atoms with Crippen LogP contribution in [0.5, 0.6) is 0 Å². The Morgan fingerprint density at radius 2 is 1.65 bits per heavy atom. The van der Waals surface area contributed by atoms with E-state index in [9.17, 15) is 14.0 Å². The molecule has 0 saturated heterocycles. The number of hydrogen-bond donors (Lipinski definition) is 1. The molecule has 2 aromatic carbocycles. The molecule has 0 heterocycles. The van der Waals surface area contributed by atoms with E-state index in [0.29, 0.717) is 11.5 Å². The molecule has 1 amide bonds. The Kier molecular flexibility index (Phi) is 5.63. The molecular formula is C19H20FNO2. The molecule has 0 aliphatic rings. The first kappa shape index (κ1) is 16.9. The van der Waals surface area contributed by atoms with Crippen LogP contribution >= 0.6 is 0 Å². The quantitative estimate of drug-likeness (QED) is 0.795. The van der Waals surface area contributed by atoms with Gasteiger partial charge in [0.25, 0.3) is 0 Å². The standard InChI is InChI=1S/C19H20FNO2/c1-13(2)14-7-9-15(10-8-14)18(22)11-12-19(23)21-17-6-4-3-5-16(17)20/h3-10,13H,11-12H2,1-2H3,(H,21,23). The number of carbonyl (C=O) groups excluding carboxylic acids is 2. The average Bonchev–Trinajstić information content (AvgIpc) is 2.55. The molecule has 0 radical (unpaired) electrons. The average molecular weight is 313 g/mol. The zero-order valence-corrected chi connectivity index (χ0v) is 13.3. The van der Waals surface area contributed by atoms with Gasteiger partial charge < -0.3 is 5.32 Å². The molecule has 0 aliphatic carbocycles. The molecule has 0 saturated carbocycles. The number of Topliss-reactive ketones (excluding diaryl/α,β-unsaturated/α-hetero) is 1. The predicted molar refractivity (Wildman–Crippen MR) is 89.1 cm³/mol. The van der Waals surface area contributed by atoms with Gasteiger partial charge in [-0.15, -0.1) is 0 Å². The molecule has 1 N–H and O–H groups in total. The van der Waals surface area contributed by atoms with Crippen LogP contribution in [0.4, 0.5) is 10.1 Å². The summed E-state index contributed by atoms with van der Waals surface area (Å²) < 4.78 is 13.4. The lowest BCUT2D eigenvalue weighted by Crippen LogP contribution is -2.14. The minimum atomic E-state index is -0.489. The lowest BCUT2D eigenvalue weighted by atomic mass is 9.99. The van der Waals surface area contributed by atoms with Crippen LogP contribution in [0.15, 0.2) is 48.5 Å². The van der Waals surface area contributed by atoms with E-state index in [1.54, 1.807) is 24.3 Å². The first-order valence-electron chi connectivity index (χ1n) is 7.65. The Morgan fingerprint density at radius 1 is 1.00 bits per heavy atom. The van der Waals surface area contributed by atoms with Crippen LogP contribution in [0.1, 0.15) is 48.5 Å². The zero-order valence-electron chi connectivity index (χ0n) is 13.3. The van der Waals surface area contributed by atoms with Crippen molar-refractivity contribution in [3.05, 3.63) is 65.5 Å². The molecule has 0 spiro atoms. The number of ketones is 1. The van der Waals surface area contributed by atoms with Crippen LogP contribution in [-0.4, -0.2) is 11.7 Å². The van der Waals surface area contributed by atoms with E-state index < -0.39 is 5.82 Å². The first-order chi connectivity index (χ1) is 11.0. The van der Waals surface area contributed by atoms with E-state index in [1.807, 2.05) is 12.1 Å². The number of anilines is 1. The number of carbonyl (C=O) groups is 2. The molecule has 120 valence electrons. The summed E-state index contributed by atoms with van der Waals surface area (Å²) in [6.07, 6.45) is 0.125. The van der Waals surface area contributed by atoms with Crippen LogP contribution in [0.25, 0.3) is 0 Å². The molecule has 2 aromatic rings. The van der Waals surface area contributed by atoms with Crippen molar-refractivity contribution in [1.29, 1.82) is 0 Å². The third-order valence-corrected chi connectivity index (χ3v) is 3.63. The van der Waals surface area contributed by atoms with Gasteiger partial charge in [-0.25, -0.2) is 4.39 Å². The maximum absolute atomic E-state index is 13.4. The van der Waals surface area contributed by atoms with Crippen LogP contribution in [0.2, 0.25) is 0 Å². The molecule has 4 heteroatoms. The second-order valence-electron chi connectivity index (χ2n) is 5.73. The van der Waals surface area contributed by atoms with Crippen LogP contribution in [-0.2, 0) is 4.79 Å². The number of halogens is 1. The normalized spacial score (nSPS) is 10.6. The summed E-state index contributed by atoms with van der Waals surface area (Å²) in [5, 5.41) is 2.47. The van der Waals surface area contributed by atoms with Crippen LogP contribution in [0.3, 0.4) is 0 Å². The van der Waals surface area contributed by atoms with Crippen molar-refractivity contribution in [3.63, 3.8) is 0 Å². The van der Waals surface area contributed by atoms with E-state index in [0.717, 1.165) is 0 Å². The highest BCUT2D eigenvalue weighted by molar-refractivity contribution is 6.00. The molecule has 0 aliphatic heterocycles.